The molecule has 0 saturated heterocycles. The predicted molar refractivity (Wildman–Crippen MR) is 80.8 cm³/mol. The first-order valence-corrected chi connectivity index (χ1v) is 7.17. The summed E-state index contributed by atoms with van der Waals surface area (Å²) in [7, 11) is 0. The third-order valence-corrected chi connectivity index (χ3v) is 3.52. The van der Waals surface area contributed by atoms with Gasteiger partial charge in [0.1, 0.15) is 5.82 Å². The summed E-state index contributed by atoms with van der Waals surface area (Å²) in [6.07, 6.45) is 0.846. The minimum atomic E-state index is -0.251. The molecule has 1 N–H and O–H groups in total. The molecule has 0 atom stereocenters. The molecule has 0 radical (unpaired) electrons. The Labute approximate surface area is 127 Å². The van der Waals surface area contributed by atoms with Crippen molar-refractivity contribution in [2.24, 2.45) is 0 Å². The SMILES string of the molecule is Fc1cccc(CNc2cc3c(cc2Cl)OCCCO3)c1. The van der Waals surface area contributed by atoms with Crippen LogP contribution in [-0.4, -0.2) is 13.2 Å². The zero-order valence-electron chi connectivity index (χ0n) is 11.4. The number of halogens is 2. The van der Waals surface area contributed by atoms with E-state index in [4.69, 9.17) is 21.1 Å². The van der Waals surface area contributed by atoms with Crippen LogP contribution in [0.3, 0.4) is 0 Å². The van der Waals surface area contributed by atoms with Gasteiger partial charge in [0.25, 0.3) is 0 Å². The Morgan fingerprint density at radius 1 is 1.10 bits per heavy atom. The third-order valence-electron chi connectivity index (χ3n) is 3.21. The average Bonchev–Trinajstić information content (AvgIpc) is 2.69. The van der Waals surface area contributed by atoms with Gasteiger partial charge < -0.3 is 14.8 Å². The summed E-state index contributed by atoms with van der Waals surface area (Å²) in [5, 5.41) is 3.74. The number of fused-ring (bicyclic) bond motifs is 1. The van der Waals surface area contributed by atoms with Gasteiger partial charge >= 0.3 is 0 Å². The van der Waals surface area contributed by atoms with Gasteiger partial charge in [0, 0.05) is 25.1 Å². The van der Waals surface area contributed by atoms with Crippen LogP contribution in [0.2, 0.25) is 5.02 Å². The average molecular weight is 308 g/mol. The molecule has 1 aliphatic rings. The van der Waals surface area contributed by atoms with Crippen molar-refractivity contribution in [3.05, 3.63) is 52.8 Å². The molecule has 3 rings (SSSR count). The number of anilines is 1. The van der Waals surface area contributed by atoms with E-state index in [9.17, 15) is 4.39 Å². The molecule has 0 spiro atoms. The van der Waals surface area contributed by atoms with Crippen LogP contribution < -0.4 is 14.8 Å². The Balaban J connectivity index is 1.77. The molecular weight excluding hydrogens is 293 g/mol. The Kier molecular flexibility index (Phi) is 4.15. The first-order valence-electron chi connectivity index (χ1n) is 6.80. The van der Waals surface area contributed by atoms with E-state index in [1.165, 1.54) is 12.1 Å². The first-order chi connectivity index (χ1) is 10.2. The van der Waals surface area contributed by atoms with E-state index in [0.29, 0.717) is 36.3 Å². The second-order valence-electron chi connectivity index (χ2n) is 4.81. The van der Waals surface area contributed by atoms with Gasteiger partial charge in [0.15, 0.2) is 11.5 Å². The molecule has 0 unspecified atom stereocenters. The molecular formula is C16H15ClFNO2. The van der Waals surface area contributed by atoms with Crippen LogP contribution in [0.1, 0.15) is 12.0 Å². The standard InChI is InChI=1S/C16H15ClFNO2/c17-13-8-15-16(21-6-2-5-20-15)9-14(13)19-10-11-3-1-4-12(18)7-11/h1,3-4,7-9,19H,2,5-6,10H2. The van der Waals surface area contributed by atoms with Crippen LogP contribution in [0.25, 0.3) is 0 Å². The van der Waals surface area contributed by atoms with Gasteiger partial charge in [-0.25, -0.2) is 4.39 Å². The first kappa shape index (κ1) is 14.0. The van der Waals surface area contributed by atoms with E-state index >= 15 is 0 Å². The summed E-state index contributed by atoms with van der Waals surface area (Å²) < 4.78 is 24.4. The molecule has 0 fully saturated rings. The minimum Gasteiger partial charge on any atom is -0.490 e. The molecule has 0 aromatic heterocycles. The van der Waals surface area contributed by atoms with Crippen molar-refractivity contribution in [3.63, 3.8) is 0 Å². The number of ether oxygens (including phenoxy) is 2. The van der Waals surface area contributed by atoms with Crippen molar-refractivity contribution in [2.75, 3.05) is 18.5 Å². The maximum Gasteiger partial charge on any atom is 0.163 e. The van der Waals surface area contributed by atoms with Crippen LogP contribution >= 0.6 is 11.6 Å². The Hall–Kier alpha value is -1.94. The van der Waals surface area contributed by atoms with Crippen molar-refractivity contribution in [1.29, 1.82) is 0 Å². The quantitative estimate of drug-likeness (QED) is 0.919. The van der Waals surface area contributed by atoms with Crippen LogP contribution in [-0.2, 0) is 6.54 Å². The number of hydrogen-bond donors (Lipinski definition) is 1. The predicted octanol–water partition coefficient (Wildman–Crippen LogP) is 4.25. The number of hydrogen-bond acceptors (Lipinski definition) is 3. The zero-order chi connectivity index (χ0) is 14.7. The Morgan fingerprint density at radius 2 is 1.86 bits per heavy atom. The lowest BCUT2D eigenvalue weighted by Gasteiger charge is -2.13. The molecule has 0 amide bonds. The fourth-order valence-corrected chi connectivity index (χ4v) is 2.38. The Morgan fingerprint density at radius 3 is 2.62 bits per heavy atom. The van der Waals surface area contributed by atoms with Gasteiger partial charge in [-0.1, -0.05) is 23.7 Å². The molecule has 2 aromatic rings. The van der Waals surface area contributed by atoms with Crippen LogP contribution in [0.5, 0.6) is 11.5 Å². The molecule has 0 saturated carbocycles. The summed E-state index contributed by atoms with van der Waals surface area (Å²) in [4.78, 5) is 0. The molecule has 2 aromatic carbocycles. The van der Waals surface area contributed by atoms with Gasteiger partial charge in [-0.15, -0.1) is 0 Å². The van der Waals surface area contributed by atoms with Gasteiger partial charge in [-0.2, -0.15) is 0 Å². The highest BCUT2D eigenvalue weighted by Crippen LogP contribution is 2.37. The van der Waals surface area contributed by atoms with Crippen LogP contribution in [0, 0.1) is 5.82 Å². The second-order valence-corrected chi connectivity index (χ2v) is 5.22. The van der Waals surface area contributed by atoms with Crippen molar-refractivity contribution in [1.82, 2.24) is 0 Å². The summed E-state index contributed by atoms with van der Waals surface area (Å²) in [5.74, 6) is 1.09. The van der Waals surface area contributed by atoms with Crippen LogP contribution in [0.4, 0.5) is 10.1 Å². The highest BCUT2D eigenvalue weighted by atomic mass is 35.5. The maximum absolute atomic E-state index is 13.2. The Bertz CT molecular complexity index is 648. The molecule has 0 aliphatic carbocycles. The van der Waals surface area contributed by atoms with Gasteiger partial charge in [-0.3, -0.25) is 0 Å². The van der Waals surface area contributed by atoms with Crippen molar-refractivity contribution in [3.8, 4) is 11.5 Å². The fourth-order valence-electron chi connectivity index (χ4n) is 2.16. The highest BCUT2D eigenvalue weighted by Gasteiger charge is 2.14. The molecule has 1 heterocycles. The highest BCUT2D eigenvalue weighted by molar-refractivity contribution is 6.33. The largest absolute Gasteiger partial charge is 0.490 e. The molecule has 1 aliphatic heterocycles. The number of rotatable bonds is 3. The van der Waals surface area contributed by atoms with Crippen LogP contribution in [0.15, 0.2) is 36.4 Å². The lowest BCUT2D eigenvalue weighted by atomic mass is 10.2. The van der Waals surface area contributed by atoms with Gasteiger partial charge in [0.05, 0.1) is 23.9 Å². The second kappa shape index (κ2) is 6.22. The summed E-state index contributed by atoms with van der Waals surface area (Å²) >= 11 is 6.24. The fraction of sp³-hybridized carbons (Fsp3) is 0.250. The summed E-state index contributed by atoms with van der Waals surface area (Å²) in [6, 6.07) is 10.0. The molecule has 3 nitrogen and oxygen atoms in total. The smallest absolute Gasteiger partial charge is 0.163 e. The topological polar surface area (TPSA) is 30.5 Å². The maximum atomic E-state index is 13.2. The lowest BCUT2D eigenvalue weighted by Crippen LogP contribution is -2.01. The van der Waals surface area contributed by atoms with E-state index in [0.717, 1.165) is 17.7 Å². The van der Waals surface area contributed by atoms with Gasteiger partial charge in [0.2, 0.25) is 0 Å². The van der Waals surface area contributed by atoms with Gasteiger partial charge in [-0.05, 0) is 17.7 Å². The van der Waals surface area contributed by atoms with E-state index in [1.807, 2.05) is 12.1 Å². The zero-order valence-corrected chi connectivity index (χ0v) is 12.1. The van der Waals surface area contributed by atoms with Crippen molar-refractivity contribution in [2.45, 2.75) is 13.0 Å². The van der Waals surface area contributed by atoms with Crippen molar-refractivity contribution < 1.29 is 13.9 Å². The normalized spacial score (nSPS) is 13.6. The van der Waals surface area contributed by atoms with E-state index in [2.05, 4.69) is 5.32 Å². The van der Waals surface area contributed by atoms with E-state index in [1.54, 1.807) is 12.1 Å². The molecule has 5 heteroatoms. The third kappa shape index (κ3) is 3.39. The molecule has 0 bridgehead atoms. The van der Waals surface area contributed by atoms with Crippen molar-refractivity contribution >= 4 is 17.3 Å². The summed E-state index contributed by atoms with van der Waals surface area (Å²) in [5.41, 5.74) is 1.59. The summed E-state index contributed by atoms with van der Waals surface area (Å²) in [6.45, 7) is 1.73. The number of benzene rings is 2. The van der Waals surface area contributed by atoms with E-state index in [-0.39, 0.29) is 5.82 Å². The molecule has 21 heavy (non-hydrogen) atoms. The lowest BCUT2D eigenvalue weighted by molar-refractivity contribution is 0.297. The van der Waals surface area contributed by atoms with E-state index < -0.39 is 0 Å². The minimum absolute atomic E-state index is 0.251. The molecule has 110 valence electrons. The number of nitrogens with one attached hydrogen (secondary N) is 1. The monoisotopic (exact) mass is 307 g/mol.